The number of hydrogen-bond acceptors (Lipinski definition) is 5. The Hall–Kier alpha value is -3.48. The van der Waals surface area contributed by atoms with E-state index in [1.54, 1.807) is 31.4 Å². The standard InChI is InChI=1S/C20H22N6O/c1-4-22-10-15(9-21)17-12-24-19-18(25-17)16(11-23-19)13-5-7-14(8-6-13)20(27)26(2)3/h5-12,21-22H,4H2,1-3H3,(H,23,24)/b15-10+,21-9?. The first-order chi connectivity index (χ1) is 13.0. The zero-order valence-electron chi connectivity index (χ0n) is 15.6. The van der Waals surface area contributed by atoms with E-state index in [0.717, 1.165) is 23.2 Å². The van der Waals surface area contributed by atoms with Crippen molar-refractivity contribution in [3.05, 3.63) is 54.1 Å². The van der Waals surface area contributed by atoms with Crippen molar-refractivity contribution in [2.75, 3.05) is 20.6 Å². The summed E-state index contributed by atoms with van der Waals surface area (Å²) in [5.41, 5.74) is 5.16. The third-order valence-electron chi connectivity index (χ3n) is 4.14. The number of nitrogens with one attached hydrogen (secondary N) is 3. The predicted molar refractivity (Wildman–Crippen MR) is 108 cm³/mol. The number of aromatic nitrogens is 3. The lowest BCUT2D eigenvalue weighted by Gasteiger charge is -2.10. The van der Waals surface area contributed by atoms with Gasteiger partial charge in [-0.15, -0.1) is 0 Å². The summed E-state index contributed by atoms with van der Waals surface area (Å²) in [5.74, 6) is -0.0354. The number of rotatable bonds is 6. The quantitative estimate of drug-likeness (QED) is 0.587. The number of H-pyrrole nitrogens is 1. The summed E-state index contributed by atoms with van der Waals surface area (Å²) in [7, 11) is 3.46. The Balaban J connectivity index is 2.01. The Labute approximate surface area is 157 Å². The summed E-state index contributed by atoms with van der Waals surface area (Å²) in [6.07, 6.45) is 6.52. The van der Waals surface area contributed by atoms with Crippen LogP contribution in [0.25, 0.3) is 27.9 Å². The van der Waals surface area contributed by atoms with Gasteiger partial charge < -0.3 is 20.6 Å². The Morgan fingerprint density at radius 1 is 1.30 bits per heavy atom. The van der Waals surface area contributed by atoms with Gasteiger partial charge in [0, 0.05) is 56.0 Å². The molecule has 0 atom stereocenters. The number of carbonyl (C=O) groups excluding carboxylic acids is 1. The van der Waals surface area contributed by atoms with Crippen LogP contribution in [0.15, 0.2) is 42.9 Å². The molecule has 0 saturated carbocycles. The van der Waals surface area contributed by atoms with E-state index in [-0.39, 0.29) is 5.91 Å². The minimum absolute atomic E-state index is 0.0354. The highest BCUT2D eigenvalue weighted by atomic mass is 16.2. The molecule has 7 heteroatoms. The third kappa shape index (κ3) is 3.72. The van der Waals surface area contributed by atoms with Gasteiger partial charge in [0.2, 0.25) is 0 Å². The van der Waals surface area contributed by atoms with Crippen LogP contribution < -0.4 is 5.32 Å². The zero-order chi connectivity index (χ0) is 19.4. The maximum absolute atomic E-state index is 12.1. The smallest absolute Gasteiger partial charge is 0.253 e. The minimum Gasteiger partial charge on any atom is -0.391 e. The average molecular weight is 362 g/mol. The first kappa shape index (κ1) is 18.3. The highest BCUT2D eigenvalue weighted by molar-refractivity contribution is 6.08. The normalized spacial score (nSPS) is 11.4. The van der Waals surface area contributed by atoms with Crippen molar-refractivity contribution in [2.24, 2.45) is 0 Å². The molecule has 0 spiro atoms. The summed E-state index contributed by atoms with van der Waals surface area (Å²) < 4.78 is 0. The van der Waals surface area contributed by atoms with Gasteiger partial charge in [-0.1, -0.05) is 12.1 Å². The fraction of sp³-hybridized carbons (Fsp3) is 0.200. The summed E-state index contributed by atoms with van der Waals surface area (Å²) in [6.45, 7) is 2.75. The lowest BCUT2D eigenvalue weighted by molar-refractivity contribution is 0.0827. The first-order valence-corrected chi connectivity index (χ1v) is 8.65. The van der Waals surface area contributed by atoms with Crippen LogP contribution in [0.3, 0.4) is 0 Å². The van der Waals surface area contributed by atoms with Crippen LogP contribution in [-0.2, 0) is 0 Å². The van der Waals surface area contributed by atoms with Crippen LogP contribution in [0.2, 0.25) is 0 Å². The van der Waals surface area contributed by atoms with E-state index in [9.17, 15) is 4.79 Å². The number of benzene rings is 1. The van der Waals surface area contributed by atoms with E-state index in [4.69, 9.17) is 10.4 Å². The van der Waals surface area contributed by atoms with E-state index in [1.165, 1.54) is 6.21 Å². The van der Waals surface area contributed by atoms with Crippen molar-refractivity contribution in [1.82, 2.24) is 25.2 Å². The molecule has 27 heavy (non-hydrogen) atoms. The molecular weight excluding hydrogens is 340 g/mol. The molecule has 2 heterocycles. The molecule has 138 valence electrons. The number of carbonyl (C=O) groups is 1. The molecule has 0 aliphatic rings. The molecule has 0 bridgehead atoms. The molecule has 1 amide bonds. The Morgan fingerprint density at radius 3 is 2.67 bits per heavy atom. The Kier molecular flexibility index (Phi) is 5.30. The number of allylic oxidation sites excluding steroid dienone is 1. The van der Waals surface area contributed by atoms with Crippen molar-refractivity contribution >= 4 is 28.9 Å². The maximum Gasteiger partial charge on any atom is 0.253 e. The zero-order valence-corrected chi connectivity index (χ0v) is 15.6. The summed E-state index contributed by atoms with van der Waals surface area (Å²) >= 11 is 0. The van der Waals surface area contributed by atoms with E-state index in [1.807, 2.05) is 37.4 Å². The molecule has 0 fully saturated rings. The molecular formula is C20H22N6O. The molecule has 2 aromatic heterocycles. The molecule has 0 unspecified atom stereocenters. The lowest BCUT2D eigenvalue weighted by atomic mass is 10.1. The molecule has 0 radical (unpaired) electrons. The number of aromatic amines is 1. The topological polar surface area (TPSA) is 97.8 Å². The van der Waals surface area contributed by atoms with Crippen molar-refractivity contribution in [3.8, 4) is 11.1 Å². The minimum atomic E-state index is -0.0354. The average Bonchev–Trinajstić information content (AvgIpc) is 3.11. The fourth-order valence-corrected chi connectivity index (χ4v) is 2.70. The van der Waals surface area contributed by atoms with Gasteiger partial charge in [0.1, 0.15) is 5.52 Å². The van der Waals surface area contributed by atoms with Gasteiger partial charge >= 0.3 is 0 Å². The number of nitrogens with zero attached hydrogens (tertiary/aromatic N) is 3. The van der Waals surface area contributed by atoms with Crippen molar-refractivity contribution < 1.29 is 4.79 Å². The molecule has 3 aromatic rings. The second kappa shape index (κ2) is 7.82. The van der Waals surface area contributed by atoms with E-state index < -0.39 is 0 Å². The second-order valence-electron chi connectivity index (χ2n) is 6.23. The van der Waals surface area contributed by atoms with Gasteiger partial charge in [0.05, 0.1) is 11.9 Å². The molecule has 0 aliphatic carbocycles. The largest absolute Gasteiger partial charge is 0.391 e. The fourth-order valence-electron chi connectivity index (χ4n) is 2.70. The van der Waals surface area contributed by atoms with Gasteiger partial charge in [-0.2, -0.15) is 0 Å². The van der Waals surface area contributed by atoms with Gasteiger partial charge in [-0.3, -0.25) is 4.79 Å². The second-order valence-corrected chi connectivity index (χ2v) is 6.23. The van der Waals surface area contributed by atoms with E-state index in [2.05, 4.69) is 15.3 Å². The lowest BCUT2D eigenvalue weighted by Crippen LogP contribution is -2.21. The Morgan fingerprint density at radius 2 is 2.04 bits per heavy atom. The predicted octanol–water partition coefficient (Wildman–Crippen LogP) is 2.93. The van der Waals surface area contributed by atoms with Gasteiger partial charge in [-0.25, -0.2) is 9.97 Å². The molecule has 3 rings (SSSR count). The van der Waals surface area contributed by atoms with Crippen LogP contribution in [0.5, 0.6) is 0 Å². The van der Waals surface area contributed by atoms with Crippen molar-refractivity contribution in [3.63, 3.8) is 0 Å². The highest BCUT2D eigenvalue weighted by Gasteiger charge is 2.13. The van der Waals surface area contributed by atoms with Crippen LogP contribution in [0, 0.1) is 5.41 Å². The van der Waals surface area contributed by atoms with Gasteiger partial charge in [-0.05, 0) is 24.6 Å². The van der Waals surface area contributed by atoms with E-state index in [0.29, 0.717) is 22.5 Å². The van der Waals surface area contributed by atoms with Gasteiger partial charge in [0.25, 0.3) is 5.91 Å². The monoisotopic (exact) mass is 362 g/mol. The molecule has 0 aliphatic heterocycles. The number of hydrogen-bond donors (Lipinski definition) is 3. The summed E-state index contributed by atoms with van der Waals surface area (Å²) in [4.78, 5) is 25.9. The molecule has 3 N–H and O–H groups in total. The third-order valence-corrected chi connectivity index (χ3v) is 4.14. The Bertz CT molecular complexity index is 1000. The summed E-state index contributed by atoms with van der Waals surface area (Å²) in [6, 6.07) is 7.42. The highest BCUT2D eigenvalue weighted by Crippen LogP contribution is 2.27. The van der Waals surface area contributed by atoms with Crippen molar-refractivity contribution in [2.45, 2.75) is 6.92 Å². The van der Waals surface area contributed by atoms with Crippen LogP contribution in [-0.4, -0.2) is 52.6 Å². The summed E-state index contributed by atoms with van der Waals surface area (Å²) in [5, 5.41) is 10.7. The first-order valence-electron chi connectivity index (χ1n) is 8.65. The maximum atomic E-state index is 12.1. The van der Waals surface area contributed by atoms with Crippen LogP contribution in [0.4, 0.5) is 0 Å². The van der Waals surface area contributed by atoms with Crippen LogP contribution >= 0.6 is 0 Å². The SMILES string of the molecule is CCN/C=C(\C=N)c1cnc2[nH]cc(-c3ccc(C(=O)N(C)C)cc3)c2n1. The van der Waals surface area contributed by atoms with Crippen molar-refractivity contribution in [1.29, 1.82) is 5.41 Å². The molecule has 1 aromatic carbocycles. The molecule has 7 nitrogen and oxygen atoms in total. The number of fused-ring (bicyclic) bond motifs is 1. The molecule has 0 saturated heterocycles. The van der Waals surface area contributed by atoms with Gasteiger partial charge in [0.15, 0.2) is 5.65 Å². The van der Waals surface area contributed by atoms with E-state index >= 15 is 0 Å². The number of amides is 1. The van der Waals surface area contributed by atoms with Crippen LogP contribution in [0.1, 0.15) is 23.0 Å².